The van der Waals surface area contributed by atoms with Gasteiger partial charge in [-0.1, -0.05) is 0 Å². The monoisotopic (exact) mass is 203 g/mol. The van der Waals surface area contributed by atoms with Gasteiger partial charge in [0, 0.05) is 6.42 Å². The number of rotatable bonds is 2. The van der Waals surface area contributed by atoms with Gasteiger partial charge in [-0.05, 0) is 0 Å². The van der Waals surface area contributed by atoms with E-state index in [4.69, 9.17) is 9.47 Å². The van der Waals surface area contributed by atoms with Crippen LogP contribution in [-0.2, 0) is 19.5 Å². The Bertz CT molecular complexity index is 351. The SMILES string of the molecule is O=S1(=O)C=C(OC2CCOC2)C=N1. The molecule has 13 heavy (non-hydrogen) atoms. The van der Waals surface area contributed by atoms with E-state index in [9.17, 15) is 8.42 Å². The maximum Gasteiger partial charge on any atom is 0.279 e. The molecular formula is C7H9NO4S. The molecule has 2 aliphatic heterocycles. The van der Waals surface area contributed by atoms with Gasteiger partial charge < -0.3 is 9.47 Å². The first-order valence-corrected chi connectivity index (χ1v) is 5.42. The van der Waals surface area contributed by atoms with Gasteiger partial charge in [0.2, 0.25) is 0 Å². The third-order valence-electron chi connectivity index (χ3n) is 1.78. The molecule has 0 aromatic rings. The zero-order chi connectivity index (χ0) is 9.31. The third-order valence-corrected chi connectivity index (χ3v) is 2.71. The predicted octanol–water partition coefficient (Wildman–Crippen LogP) is 0.0475. The van der Waals surface area contributed by atoms with Crippen LogP contribution in [0.1, 0.15) is 6.42 Å². The predicted molar refractivity (Wildman–Crippen MR) is 45.8 cm³/mol. The van der Waals surface area contributed by atoms with E-state index in [1.54, 1.807) is 0 Å². The molecule has 1 fully saturated rings. The van der Waals surface area contributed by atoms with Crippen LogP contribution in [0, 0.1) is 0 Å². The van der Waals surface area contributed by atoms with E-state index in [1.807, 2.05) is 0 Å². The van der Waals surface area contributed by atoms with Crippen molar-refractivity contribution in [2.75, 3.05) is 13.2 Å². The molecule has 0 aliphatic carbocycles. The second-order valence-corrected chi connectivity index (χ2v) is 4.35. The van der Waals surface area contributed by atoms with E-state index in [2.05, 4.69) is 4.40 Å². The highest BCUT2D eigenvalue weighted by atomic mass is 32.2. The largest absolute Gasteiger partial charge is 0.485 e. The third kappa shape index (κ3) is 2.07. The van der Waals surface area contributed by atoms with Crippen molar-refractivity contribution in [3.8, 4) is 0 Å². The van der Waals surface area contributed by atoms with E-state index in [0.29, 0.717) is 19.0 Å². The summed E-state index contributed by atoms with van der Waals surface area (Å²) < 4.78 is 35.3. The maximum atomic E-state index is 10.8. The molecule has 72 valence electrons. The summed E-state index contributed by atoms with van der Waals surface area (Å²) in [5.41, 5.74) is 0. The van der Waals surface area contributed by atoms with Crippen molar-refractivity contribution in [3.63, 3.8) is 0 Å². The molecule has 6 heteroatoms. The summed E-state index contributed by atoms with van der Waals surface area (Å²) >= 11 is 0. The lowest BCUT2D eigenvalue weighted by Gasteiger charge is -2.09. The highest BCUT2D eigenvalue weighted by Crippen LogP contribution is 2.16. The van der Waals surface area contributed by atoms with Gasteiger partial charge in [-0.15, -0.1) is 0 Å². The molecule has 1 unspecified atom stereocenters. The molecule has 0 radical (unpaired) electrons. The van der Waals surface area contributed by atoms with Gasteiger partial charge >= 0.3 is 0 Å². The topological polar surface area (TPSA) is 65.0 Å². The zero-order valence-electron chi connectivity index (χ0n) is 6.84. The summed E-state index contributed by atoms with van der Waals surface area (Å²) in [4.78, 5) is 0. The Kier molecular flexibility index (Phi) is 2.09. The van der Waals surface area contributed by atoms with Crippen molar-refractivity contribution in [2.45, 2.75) is 12.5 Å². The second-order valence-electron chi connectivity index (χ2n) is 2.87. The number of hydrogen-bond donors (Lipinski definition) is 0. The average molecular weight is 203 g/mol. The van der Waals surface area contributed by atoms with E-state index in [-0.39, 0.29) is 6.10 Å². The van der Waals surface area contributed by atoms with Crippen LogP contribution in [0.4, 0.5) is 0 Å². The first-order valence-electron chi connectivity index (χ1n) is 3.92. The molecule has 0 amide bonds. The normalized spacial score (nSPS) is 30.5. The number of sulfonamides is 1. The Morgan fingerprint density at radius 2 is 2.46 bits per heavy atom. The quantitative estimate of drug-likeness (QED) is 0.636. The summed E-state index contributed by atoms with van der Waals surface area (Å²) in [6.45, 7) is 1.19. The van der Waals surface area contributed by atoms with Gasteiger partial charge in [-0.3, -0.25) is 0 Å². The minimum atomic E-state index is -3.40. The minimum Gasteiger partial charge on any atom is -0.485 e. The molecular weight excluding hydrogens is 194 g/mol. The van der Waals surface area contributed by atoms with Crippen molar-refractivity contribution in [3.05, 3.63) is 11.2 Å². The smallest absolute Gasteiger partial charge is 0.279 e. The van der Waals surface area contributed by atoms with Gasteiger partial charge in [0.1, 0.15) is 6.10 Å². The molecule has 0 bridgehead atoms. The Balaban J connectivity index is 2.00. The van der Waals surface area contributed by atoms with E-state index in [0.717, 1.165) is 11.8 Å². The molecule has 2 rings (SSSR count). The van der Waals surface area contributed by atoms with Gasteiger partial charge in [0.05, 0.1) is 24.8 Å². The summed E-state index contributed by atoms with van der Waals surface area (Å²) in [5.74, 6) is 0.301. The molecule has 0 spiro atoms. The molecule has 1 atom stereocenters. The Hall–Kier alpha value is -0.880. The van der Waals surface area contributed by atoms with Crippen LogP contribution in [0.25, 0.3) is 0 Å². The van der Waals surface area contributed by atoms with Crippen molar-refractivity contribution in [1.82, 2.24) is 0 Å². The van der Waals surface area contributed by atoms with Crippen LogP contribution in [0.2, 0.25) is 0 Å². The molecule has 1 saturated heterocycles. The maximum absolute atomic E-state index is 10.8. The number of hydrogen-bond acceptors (Lipinski definition) is 4. The van der Waals surface area contributed by atoms with E-state index >= 15 is 0 Å². The first kappa shape index (κ1) is 8.71. The van der Waals surface area contributed by atoms with Gasteiger partial charge in [-0.25, -0.2) is 0 Å². The summed E-state index contributed by atoms with van der Waals surface area (Å²) in [7, 11) is -3.40. The fourth-order valence-electron chi connectivity index (χ4n) is 1.19. The van der Waals surface area contributed by atoms with Crippen molar-refractivity contribution in [2.24, 2.45) is 4.40 Å². The molecule has 0 saturated carbocycles. The molecule has 0 aromatic carbocycles. The number of nitrogens with zero attached hydrogens (tertiary/aromatic N) is 1. The van der Waals surface area contributed by atoms with Crippen LogP contribution in [0.15, 0.2) is 15.6 Å². The Morgan fingerprint density at radius 1 is 1.62 bits per heavy atom. The molecule has 2 aliphatic rings. The summed E-state index contributed by atoms with van der Waals surface area (Å²) in [6, 6.07) is 0. The van der Waals surface area contributed by atoms with E-state index in [1.165, 1.54) is 6.21 Å². The fraction of sp³-hybridized carbons (Fsp3) is 0.571. The fourth-order valence-corrected chi connectivity index (χ4v) is 1.91. The molecule has 2 heterocycles. The van der Waals surface area contributed by atoms with Crippen molar-refractivity contribution < 1.29 is 17.9 Å². The average Bonchev–Trinajstić information content (AvgIpc) is 2.61. The lowest BCUT2D eigenvalue weighted by atomic mass is 10.3. The lowest BCUT2D eigenvalue weighted by Crippen LogP contribution is -2.11. The van der Waals surface area contributed by atoms with Gasteiger partial charge in [0.15, 0.2) is 5.76 Å². The van der Waals surface area contributed by atoms with Gasteiger partial charge in [-0.2, -0.15) is 12.8 Å². The minimum absolute atomic E-state index is 0.0361. The second kappa shape index (κ2) is 3.12. The lowest BCUT2D eigenvalue weighted by molar-refractivity contribution is 0.103. The highest BCUT2D eigenvalue weighted by molar-refractivity contribution is 7.93. The number of allylic oxidation sites excluding steroid dienone is 1. The van der Waals surface area contributed by atoms with E-state index < -0.39 is 10.0 Å². The summed E-state index contributed by atoms with van der Waals surface area (Å²) in [6.07, 6.45) is 1.98. The van der Waals surface area contributed by atoms with Gasteiger partial charge in [0.25, 0.3) is 10.0 Å². The number of ether oxygens (including phenoxy) is 2. The zero-order valence-corrected chi connectivity index (χ0v) is 7.66. The molecule has 0 N–H and O–H groups in total. The van der Waals surface area contributed by atoms with Crippen LogP contribution >= 0.6 is 0 Å². The van der Waals surface area contributed by atoms with Crippen molar-refractivity contribution >= 4 is 16.2 Å². The molecule has 5 nitrogen and oxygen atoms in total. The van der Waals surface area contributed by atoms with Crippen LogP contribution in [0.5, 0.6) is 0 Å². The molecule has 0 aromatic heterocycles. The van der Waals surface area contributed by atoms with Crippen LogP contribution < -0.4 is 0 Å². The standard InChI is InChI=1S/C7H9NO4S/c9-13(10)5-7(3-8-13)12-6-1-2-11-4-6/h3,5-6H,1-2,4H2. The Labute approximate surface area is 76.1 Å². The first-order chi connectivity index (χ1) is 6.16. The summed E-state index contributed by atoms with van der Waals surface area (Å²) in [5, 5.41) is 1.02. The van der Waals surface area contributed by atoms with Crippen LogP contribution in [0.3, 0.4) is 0 Å². The van der Waals surface area contributed by atoms with Crippen molar-refractivity contribution in [1.29, 1.82) is 0 Å². The highest BCUT2D eigenvalue weighted by Gasteiger charge is 2.21. The van der Waals surface area contributed by atoms with Crippen LogP contribution in [-0.4, -0.2) is 34.0 Å². The Morgan fingerprint density at radius 3 is 3.00 bits per heavy atom.